The van der Waals surface area contributed by atoms with Gasteiger partial charge >= 0.3 is 0 Å². The van der Waals surface area contributed by atoms with Crippen LogP contribution in [-0.2, 0) is 0 Å². The van der Waals surface area contributed by atoms with Crippen LogP contribution in [0.25, 0.3) is 11.0 Å². The van der Waals surface area contributed by atoms with E-state index in [0.717, 1.165) is 0 Å². The van der Waals surface area contributed by atoms with E-state index in [0.29, 0.717) is 22.3 Å². The molecule has 0 saturated heterocycles. The monoisotopic (exact) mass is 282 g/mol. The van der Waals surface area contributed by atoms with Crippen LogP contribution in [0, 0.1) is 5.82 Å². The van der Waals surface area contributed by atoms with Crippen molar-refractivity contribution >= 4 is 28.3 Å². The maximum absolute atomic E-state index is 13.6. The smallest absolute Gasteiger partial charge is 0.255 e. The van der Waals surface area contributed by atoms with Gasteiger partial charge in [0.1, 0.15) is 5.82 Å². The molecular formula is C15H11FN4O. The van der Waals surface area contributed by atoms with Gasteiger partial charge in [-0.25, -0.2) is 4.39 Å². The Labute approximate surface area is 119 Å². The van der Waals surface area contributed by atoms with Gasteiger partial charge in [0.15, 0.2) is 0 Å². The van der Waals surface area contributed by atoms with Crippen molar-refractivity contribution < 1.29 is 9.18 Å². The van der Waals surface area contributed by atoms with E-state index >= 15 is 0 Å². The number of nitrogens with two attached hydrogens (primary N) is 1. The van der Waals surface area contributed by atoms with E-state index in [1.54, 1.807) is 30.6 Å². The first-order chi connectivity index (χ1) is 10.1. The van der Waals surface area contributed by atoms with Gasteiger partial charge in [-0.05, 0) is 36.4 Å². The van der Waals surface area contributed by atoms with Crippen LogP contribution in [0.15, 0.2) is 48.8 Å². The predicted molar refractivity (Wildman–Crippen MR) is 78.3 cm³/mol. The van der Waals surface area contributed by atoms with Gasteiger partial charge in [-0.3, -0.25) is 14.8 Å². The maximum atomic E-state index is 13.6. The lowest BCUT2D eigenvalue weighted by Crippen LogP contribution is -2.13. The Morgan fingerprint density at radius 2 is 1.81 bits per heavy atom. The van der Waals surface area contributed by atoms with E-state index in [4.69, 9.17) is 5.73 Å². The number of halogens is 1. The standard InChI is InChI=1S/C15H11FN4O/c16-11-3-2-10(17)8-13(11)20-15(21)9-1-4-12-14(7-9)19-6-5-18-12/h1-8H,17H2,(H,20,21). The van der Waals surface area contributed by atoms with E-state index in [2.05, 4.69) is 15.3 Å². The average Bonchev–Trinajstić information content (AvgIpc) is 2.50. The molecule has 0 aliphatic carbocycles. The van der Waals surface area contributed by atoms with E-state index in [-0.39, 0.29) is 5.69 Å². The lowest BCUT2D eigenvalue weighted by Gasteiger charge is -2.07. The quantitative estimate of drug-likeness (QED) is 0.708. The maximum Gasteiger partial charge on any atom is 0.255 e. The number of hydrogen-bond donors (Lipinski definition) is 2. The Morgan fingerprint density at radius 1 is 1.05 bits per heavy atom. The summed E-state index contributed by atoms with van der Waals surface area (Å²) in [5, 5.41) is 2.49. The largest absolute Gasteiger partial charge is 0.399 e. The highest BCUT2D eigenvalue weighted by Crippen LogP contribution is 2.19. The Balaban J connectivity index is 1.91. The molecule has 104 valence electrons. The number of hydrogen-bond acceptors (Lipinski definition) is 4. The minimum atomic E-state index is -0.543. The summed E-state index contributed by atoms with van der Waals surface area (Å²) >= 11 is 0. The molecule has 0 radical (unpaired) electrons. The molecule has 0 atom stereocenters. The molecule has 1 heterocycles. The van der Waals surface area contributed by atoms with E-state index < -0.39 is 11.7 Å². The summed E-state index contributed by atoms with van der Waals surface area (Å²) in [6.45, 7) is 0. The summed E-state index contributed by atoms with van der Waals surface area (Å²) in [5.74, 6) is -0.981. The molecule has 0 unspecified atom stereocenters. The first kappa shape index (κ1) is 13.0. The third kappa shape index (κ3) is 2.64. The van der Waals surface area contributed by atoms with Crippen LogP contribution < -0.4 is 11.1 Å². The Kier molecular flexibility index (Phi) is 3.19. The summed E-state index contributed by atoms with van der Waals surface area (Å²) in [6, 6.07) is 8.90. The topological polar surface area (TPSA) is 80.9 Å². The SMILES string of the molecule is Nc1ccc(F)c(NC(=O)c2ccc3nccnc3c2)c1. The number of rotatable bonds is 2. The Bertz CT molecular complexity index is 835. The van der Waals surface area contributed by atoms with Gasteiger partial charge in [0.25, 0.3) is 5.91 Å². The number of nitrogen functional groups attached to an aromatic ring is 1. The van der Waals surface area contributed by atoms with Crippen molar-refractivity contribution in [2.45, 2.75) is 0 Å². The number of anilines is 2. The second-order valence-corrected chi connectivity index (χ2v) is 4.45. The summed E-state index contributed by atoms with van der Waals surface area (Å²) in [6.07, 6.45) is 3.12. The fraction of sp³-hybridized carbons (Fsp3) is 0. The van der Waals surface area contributed by atoms with Crippen LogP contribution in [0.5, 0.6) is 0 Å². The zero-order chi connectivity index (χ0) is 14.8. The van der Waals surface area contributed by atoms with Gasteiger partial charge < -0.3 is 11.1 Å². The molecule has 3 rings (SSSR count). The van der Waals surface area contributed by atoms with Gasteiger partial charge in [0.05, 0.1) is 16.7 Å². The second-order valence-electron chi connectivity index (χ2n) is 4.45. The number of nitrogens with one attached hydrogen (secondary N) is 1. The van der Waals surface area contributed by atoms with Crippen LogP contribution in [0.3, 0.4) is 0 Å². The molecule has 0 aliphatic heterocycles. The molecule has 1 aromatic heterocycles. The summed E-state index contributed by atoms with van der Waals surface area (Å²) in [4.78, 5) is 20.4. The molecule has 2 aromatic carbocycles. The van der Waals surface area contributed by atoms with Crippen LogP contribution in [0.1, 0.15) is 10.4 Å². The second kappa shape index (κ2) is 5.16. The molecule has 5 nitrogen and oxygen atoms in total. The van der Waals surface area contributed by atoms with Crippen molar-refractivity contribution in [3.63, 3.8) is 0 Å². The number of aromatic nitrogens is 2. The molecule has 0 saturated carbocycles. The molecule has 21 heavy (non-hydrogen) atoms. The van der Waals surface area contributed by atoms with E-state index in [1.165, 1.54) is 18.2 Å². The number of carbonyl (C=O) groups is 1. The normalized spacial score (nSPS) is 10.5. The van der Waals surface area contributed by atoms with Crippen LogP contribution in [0.2, 0.25) is 0 Å². The van der Waals surface area contributed by atoms with Crippen molar-refractivity contribution in [3.05, 3.63) is 60.2 Å². The van der Waals surface area contributed by atoms with Crippen LogP contribution in [-0.4, -0.2) is 15.9 Å². The third-order valence-electron chi connectivity index (χ3n) is 2.97. The highest BCUT2D eigenvalue weighted by molar-refractivity contribution is 6.06. The zero-order valence-corrected chi connectivity index (χ0v) is 10.9. The van der Waals surface area contributed by atoms with E-state index in [9.17, 15) is 9.18 Å². The number of nitrogens with zero attached hydrogens (tertiary/aromatic N) is 2. The van der Waals surface area contributed by atoms with Gasteiger partial charge in [0.2, 0.25) is 0 Å². The van der Waals surface area contributed by atoms with Crippen molar-refractivity contribution in [1.29, 1.82) is 0 Å². The average molecular weight is 282 g/mol. The fourth-order valence-corrected chi connectivity index (χ4v) is 1.94. The molecule has 6 heteroatoms. The van der Waals surface area contributed by atoms with E-state index in [1.807, 2.05) is 0 Å². The van der Waals surface area contributed by atoms with Crippen molar-refractivity contribution in [2.24, 2.45) is 0 Å². The molecule has 0 aliphatic rings. The number of amides is 1. The van der Waals surface area contributed by atoms with Crippen LogP contribution in [0.4, 0.5) is 15.8 Å². The highest BCUT2D eigenvalue weighted by atomic mass is 19.1. The molecule has 3 N–H and O–H groups in total. The lowest BCUT2D eigenvalue weighted by atomic mass is 10.1. The summed E-state index contributed by atoms with van der Waals surface area (Å²) < 4.78 is 13.6. The van der Waals surface area contributed by atoms with Gasteiger partial charge in [-0.1, -0.05) is 0 Å². The number of carbonyl (C=O) groups excluding carboxylic acids is 1. The minimum Gasteiger partial charge on any atom is -0.399 e. The number of fused-ring (bicyclic) bond motifs is 1. The summed E-state index contributed by atoms with van der Waals surface area (Å²) in [5.41, 5.74) is 7.64. The predicted octanol–water partition coefficient (Wildman–Crippen LogP) is 2.60. The Morgan fingerprint density at radius 3 is 2.62 bits per heavy atom. The lowest BCUT2D eigenvalue weighted by molar-refractivity contribution is 0.102. The molecule has 0 fully saturated rings. The molecule has 1 amide bonds. The van der Waals surface area contributed by atoms with Crippen molar-refractivity contribution in [1.82, 2.24) is 9.97 Å². The number of benzene rings is 2. The first-order valence-electron chi connectivity index (χ1n) is 6.20. The molecule has 0 spiro atoms. The molecule has 0 bridgehead atoms. The highest BCUT2D eigenvalue weighted by Gasteiger charge is 2.10. The molecule has 3 aromatic rings. The minimum absolute atomic E-state index is 0.0410. The van der Waals surface area contributed by atoms with Crippen molar-refractivity contribution in [3.8, 4) is 0 Å². The van der Waals surface area contributed by atoms with Gasteiger partial charge in [0, 0.05) is 23.6 Å². The van der Waals surface area contributed by atoms with Gasteiger partial charge in [-0.15, -0.1) is 0 Å². The third-order valence-corrected chi connectivity index (χ3v) is 2.97. The summed E-state index contributed by atoms with van der Waals surface area (Å²) in [7, 11) is 0. The fourth-order valence-electron chi connectivity index (χ4n) is 1.94. The Hall–Kier alpha value is -3.02. The zero-order valence-electron chi connectivity index (χ0n) is 10.9. The molecular weight excluding hydrogens is 271 g/mol. The first-order valence-corrected chi connectivity index (χ1v) is 6.20. The van der Waals surface area contributed by atoms with Crippen LogP contribution >= 0.6 is 0 Å². The van der Waals surface area contributed by atoms with Gasteiger partial charge in [-0.2, -0.15) is 0 Å². The van der Waals surface area contributed by atoms with Crippen molar-refractivity contribution in [2.75, 3.05) is 11.1 Å².